The number of isothiocyanates is 1. The molecule has 65 heavy (non-hydrogen) atoms. The number of rotatable bonds is 13. The summed E-state index contributed by atoms with van der Waals surface area (Å²) in [5.74, 6) is -2.15. The van der Waals surface area contributed by atoms with Gasteiger partial charge in [-0.25, -0.2) is 9.59 Å². The maximum atomic E-state index is 10.8. The van der Waals surface area contributed by atoms with Gasteiger partial charge in [-0.3, -0.25) is 19.9 Å². The van der Waals surface area contributed by atoms with Crippen LogP contribution >= 0.6 is 34.9 Å². The third kappa shape index (κ3) is 14.4. The van der Waals surface area contributed by atoms with Gasteiger partial charge in [-0.05, 0) is 140 Å². The molecule has 0 amide bonds. The van der Waals surface area contributed by atoms with E-state index in [1.165, 1.54) is 89.2 Å². The van der Waals surface area contributed by atoms with Crippen LogP contribution in [0.15, 0.2) is 144 Å². The van der Waals surface area contributed by atoms with Crippen molar-refractivity contribution in [3.8, 4) is 32.3 Å². The first-order valence-corrected chi connectivity index (χ1v) is 22.8. The van der Waals surface area contributed by atoms with E-state index in [0.717, 1.165) is 49.1 Å². The van der Waals surface area contributed by atoms with Crippen LogP contribution in [0.2, 0.25) is 0 Å². The topological polar surface area (TPSA) is 148 Å². The molecule has 6 heterocycles. The molecule has 5 aromatic heterocycles. The minimum Gasteiger partial charge on any atom is -0.753 e. The third-order valence-electron chi connectivity index (χ3n) is 10.3. The fraction of sp³-hybridized carbons (Fsp3) is 0.173. The summed E-state index contributed by atoms with van der Waals surface area (Å²) in [4.78, 5) is 44.6. The predicted molar refractivity (Wildman–Crippen MR) is 266 cm³/mol. The Morgan fingerprint density at radius 3 is 1.78 bits per heavy atom. The Kier molecular flexibility index (Phi) is 19.0. The van der Waals surface area contributed by atoms with Crippen molar-refractivity contribution < 1.29 is 39.3 Å². The van der Waals surface area contributed by atoms with E-state index >= 15 is 0 Å². The second-order valence-corrected chi connectivity index (χ2v) is 17.3. The maximum Gasteiger partial charge on any atom is 1.00 e. The van der Waals surface area contributed by atoms with E-state index in [1.807, 2.05) is 28.9 Å². The molecule has 9 nitrogen and oxygen atoms in total. The van der Waals surface area contributed by atoms with Gasteiger partial charge in [-0.1, -0.05) is 86.2 Å². The Morgan fingerprint density at radius 1 is 0.708 bits per heavy atom. The van der Waals surface area contributed by atoms with Gasteiger partial charge in [0.2, 0.25) is 0 Å². The minimum atomic E-state index is -1.08. The summed E-state index contributed by atoms with van der Waals surface area (Å²) >= 11 is 7.44. The molecule has 0 saturated carbocycles. The molecule has 2 N–H and O–H groups in total. The number of allylic oxidation sites excluding steroid dienone is 1. The first kappa shape index (κ1) is 49.8. The fourth-order valence-electron chi connectivity index (χ4n) is 6.90. The second kappa shape index (κ2) is 24.8. The van der Waals surface area contributed by atoms with Crippen LogP contribution in [-0.4, -0.2) is 54.0 Å². The van der Waals surface area contributed by atoms with E-state index in [2.05, 4.69) is 146 Å². The predicted octanol–water partition coefficient (Wildman–Crippen LogP) is 13.2. The number of aryl methyl sites for hydroxylation is 3. The number of carboxylic acid groups (broad SMARTS) is 2. The van der Waals surface area contributed by atoms with Gasteiger partial charge in [-0.15, -0.1) is 22.7 Å². The van der Waals surface area contributed by atoms with Crippen molar-refractivity contribution in [1.29, 1.82) is 0 Å². The van der Waals surface area contributed by atoms with E-state index < -0.39 is 11.9 Å². The van der Waals surface area contributed by atoms with Crippen LogP contribution in [0, 0.1) is 0 Å². The molecule has 0 fully saturated rings. The Bertz CT molecular complexity index is 2790. The SMILES string of the molecule is CCc1ccc(-c2ccc(/C=C/c3ccnc(C4=NC(C)CC(CCc5ccc(-c6ccc(CC)cc6)s5)=C4)c3)s2)cc1.O=C(O)c1ccnc(-c2cc(C(=O)O)ccn2)c1.[N-]=C=S.[Ru+]. The van der Waals surface area contributed by atoms with Gasteiger partial charge in [0.15, 0.2) is 0 Å². The van der Waals surface area contributed by atoms with Crippen molar-refractivity contribution in [3.05, 3.63) is 188 Å². The summed E-state index contributed by atoms with van der Waals surface area (Å²) in [6, 6.07) is 36.8. The Labute approximate surface area is 405 Å². The van der Waals surface area contributed by atoms with Crippen molar-refractivity contribution in [2.24, 2.45) is 4.99 Å². The summed E-state index contributed by atoms with van der Waals surface area (Å²) in [6.07, 6.45) is 16.5. The van der Waals surface area contributed by atoms with Crippen molar-refractivity contribution in [2.75, 3.05) is 0 Å². The van der Waals surface area contributed by atoms with E-state index in [9.17, 15) is 9.59 Å². The summed E-state index contributed by atoms with van der Waals surface area (Å²) in [6.45, 7) is 6.61. The van der Waals surface area contributed by atoms with E-state index in [-0.39, 0.29) is 36.6 Å². The summed E-state index contributed by atoms with van der Waals surface area (Å²) in [7, 11) is 0. The number of aromatic nitrogens is 3. The number of carbonyl (C=O) groups is 2. The smallest absolute Gasteiger partial charge is 0.753 e. The normalized spacial score (nSPS) is 12.9. The number of aliphatic imine (C=N–C) groups is 1. The van der Waals surface area contributed by atoms with Gasteiger partial charge < -0.3 is 15.6 Å². The van der Waals surface area contributed by atoms with Crippen molar-refractivity contribution in [2.45, 2.75) is 58.9 Å². The Hall–Kier alpha value is -6.20. The number of nitrogens with zero attached hydrogens (tertiary/aromatic N) is 5. The molecule has 1 radical (unpaired) electrons. The zero-order valence-corrected chi connectivity index (χ0v) is 40.2. The zero-order valence-electron chi connectivity index (χ0n) is 36.0. The van der Waals surface area contributed by atoms with Crippen LogP contribution < -0.4 is 0 Å². The molecule has 1 unspecified atom stereocenters. The molecule has 0 bridgehead atoms. The molecule has 0 aliphatic carbocycles. The van der Waals surface area contributed by atoms with Crippen molar-refractivity contribution in [3.63, 3.8) is 0 Å². The molecular formula is C52H46N5O4RuS3. The van der Waals surface area contributed by atoms with Crippen LogP contribution in [0.4, 0.5) is 0 Å². The monoisotopic (exact) mass is 1000 g/mol. The van der Waals surface area contributed by atoms with Crippen LogP contribution in [0.3, 0.4) is 0 Å². The fourth-order valence-corrected chi connectivity index (χ4v) is 8.83. The number of thiophene rings is 2. The number of dihydropyridines is 1. The molecule has 8 rings (SSSR count). The van der Waals surface area contributed by atoms with Crippen LogP contribution in [0.25, 0.3) is 49.8 Å². The van der Waals surface area contributed by atoms with Gasteiger partial charge in [-0.2, -0.15) is 5.16 Å². The molecule has 0 saturated heterocycles. The van der Waals surface area contributed by atoms with E-state index in [0.29, 0.717) is 11.4 Å². The number of hydrogen-bond donors (Lipinski definition) is 2. The van der Waals surface area contributed by atoms with Gasteiger partial charge in [0.05, 0.1) is 40.0 Å². The molecule has 13 heteroatoms. The molecule has 0 spiro atoms. The second-order valence-electron chi connectivity index (χ2n) is 14.8. The summed E-state index contributed by atoms with van der Waals surface area (Å²) in [5, 5.41) is 26.2. The summed E-state index contributed by atoms with van der Waals surface area (Å²) < 4.78 is 0. The standard InChI is InChI=1S/C39H38N2S2.C12H8N2O4.CNS.Ru/c1-4-28-6-12-32(13-7-28)38-20-18-34(42-38)16-10-30-22-23-40-36(25-30)37-26-31(24-27(3)41-37)11-17-35-19-21-39(43-35)33-14-8-29(5-2)9-15-33;15-11(16)7-1-3-13-9(5-7)10-6-8(12(17)18)2-4-14-10;2-1-3;/h6-10,12-16,18-23,25-27H,4-5,11,17,24H2,1-3H3;1-6H,(H,15,16)(H,17,18);;/q;;-1;+1/b16-10+;;;. The molecule has 1 aliphatic rings. The average Bonchev–Trinajstić information content (AvgIpc) is 4.01. The molecular weight excluding hydrogens is 956 g/mol. The average molecular weight is 1000 g/mol. The first-order chi connectivity index (χ1) is 31.0. The van der Waals surface area contributed by atoms with E-state index in [1.54, 1.807) is 0 Å². The van der Waals surface area contributed by atoms with Gasteiger partial charge >= 0.3 is 31.4 Å². The van der Waals surface area contributed by atoms with Crippen LogP contribution in [0.1, 0.15) is 86.5 Å². The van der Waals surface area contributed by atoms with Gasteiger partial charge in [0.1, 0.15) is 0 Å². The largest absolute Gasteiger partial charge is 1.00 e. The number of carboxylic acids is 2. The first-order valence-electron chi connectivity index (χ1n) is 20.7. The maximum absolute atomic E-state index is 10.8. The molecule has 1 aliphatic heterocycles. The number of aromatic carboxylic acids is 2. The van der Waals surface area contributed by atoms with Gasteiger partial charge in [0.25, 0.3) is 0 Å². The van der Waals surface area contributed by atoms with Crippen molar-refractivity contribution >= 4 is 69.9 Å². The summed E-state index contributed by atoms with van der Waals surface area (Å²) in [5.41, 5.74) is 10.7. The van der Waals surface area contributed by atoms with Crippen LogP contribution in [-0.2, 0) is 38.7 Å². The molecule has 1 atom stereocenters. The third-order valence-corrected chi connectivity index (χ3v) is 12.6. The number of thiocarbonyl (C=S) groups is 1. The number of benzene rings is 2. The Morgan fingerprint density at radius 2 is 1.23 bits per heavy atom. The van der Waals surface area contributed by atoms with Gasteiger partial charge in [0, 0.05) is 38.1 Å². The van der Waals surface area contributed by atoms with Crippen molar-refractivity contribution in [1.82, 2.24) is 15.0 Å². The number of pyridine rings is 3. The molecule has 329 valence electrons. The molecule has 2 aromatic carbocycles. The quantitative estimate of drug-likeness (QED) is 0.0659. The van der Waals surface area contributed by atoms with Crippen LogP contribution in [0.5, 0.6) is 0 Å². The molecule has 7 aromatic rings. The van der Waals surface area contributed by atoms with E-state index in [4.69, 9.17) is 25.6 Å². The Balaban J connectivity index is 0.000000301. The minimum absolute atomic E-state index is 0. The zero-order chi connectivity index (χ0) is 45.4. The number of hydrogen-bond acceptors (Lipinski definition) is 9.